The molecule has 1 N–H and O–H groups in total. The normalized spacial score (nSPS) is 10.6. The van der Waals surface area contributed by atoms with E-state index < -0.39 is 0 Å². The highest BCUT2D eigenvalue weighted by Crippen LogP contribution is 2.32. The summed E-state index contributed by atoms with van der Waals surface area (Å²) in [5.74, 6) is 0.733. The van der Waals surface area contributed by atoms with Crippen molar-refractivity contribution in [1.82, 2.24) is 5.43 Å². The van der Waals surface area contributed by atoms with Crippen molar-refractivity contribution in [1.29, 1.82) is 0 Å². The molecule has 0 aromatic heterocycles. The summed E-state index contributed by atoms with van der Waals surface area (Å²) in [5.41, 5.74) is 3.55. The van der Waals surface area contributed by atoms with Gasteiger partial charge in [0.2, 0.25) is 0 Å². The first-order valence-electron chi connectivity index (χ1n) is 6.55. The zero-order chi connectivity index (χ0) is 16.8. The molecule has 0 heterocycles. The van der Waals surface area contributed by atoms with Crippen molar-refractivity contribution in [2.24, 2.45) is 5.10 Å². The Hall–Kier alpha value is -2.05. The van der Waals surface area contributed by atoms with Crippen LogP contribution < -0.4 is 14.9 Å². The van der Waals surface area contributed by atoms with E-state index in [1.54, 1.807) is 36.4 Å². The molecular formula is C16H14BrClN2O3. The molecule has 120 valence electrons. The topological polar surface area (TPSA) is 59.9 Å². The Kier molecular flexibility index (Phi) is 6.01. The number of carbonyl (C=O) groups excluding carboxylic acids is 1. The van der Waals surface area contributed by atoms with E-state index in [0.717, 1.165) is 4.47 Å². The minimum atomic E-state index is -0.314. The lowest BCUT2D eigenvalue weighted by molar-refractivity contribution is 0.0955. The molecule has 0 spiro atoms. The smallest absolute Gasteiger partial charge is 0.271 e. The Morgan fingerprint density at radius 3 is 2.39 bits per heavy atom. The predicted molar refractivity (Wildman–Crippen MR) is 93.8 cm³/mol. The SMILES string of the molecule is COc1cc(Cl)c(/C=N\NC(=O)c2ccc(Br)cc2)cc1OC. The van der Waals surface area contributed by atoms with Gasteiger partial charge < -0.3 is 9.47 Å². The number of hydrogen-bond acceptors (Lipinski definition) is 4. The first-order chi connectivity index (χ1) is 11.0. The van der Waals surface area contributed by atoms with Gasteiger partial charge in [-0.3, -0.25) is 4.79 Å². The maximum absolute atomic E-state index is 11.9. The Bertz CT molecular complexity index is 733. The summed E-state index contributed by atoms with van der Waals surface area (Å²) in [5, 5.41) is 4.35. The summed E-state index contributed by atoms with van der Waals surface area (Å²) in [4.78, 5) is 11.9. The largest absolute Gasteiger partial charge is 0.493 e. The fourth-order valence-electron chi connectivity index (χ4n) is 1.80. The van der Waals surface area contributed by atoms with E-state index >= 15 is 0 Å². The molecule has 0 atom stereocenters. The lowest BCUT2D eigenvalue weighted by atomic mass is 10.2. The van der Waals surface area contributed by atoms with Gasteiger partial charge in [-0.05, 0) is 30.3 Å². The molecule has 0 radical (unpaired) electrons. The summed E-state index contributed by atoms with van der Waals surface area (Å²) in [6.45, 7) is 0. The van der Waals surface area contributed by atoms with Crippen LogP contribution in [-0.4, -0.2) is 26.3 Å². The lowest BCUT2D eigenvalue weighted by Gasteiger charge is -2.09. The molecule has 0 saturated carbocycles. The van der Waals surface area contributed by atoms with Gasteiger partial charge in [-0.15, -0.1) is 0 Å². The average molecular weight is 398 g/mol. The van der Waals surface area contributed by atoms with Crippen molar-refractivity contribution < 1.29 is 14.3 Å². The van der Waals surface area contributed by atoms with Crippen molar-refractivity contribution in [2.75, 3.05) is 14.2 Å². The van der Waals surface area contributed by atoms with Gasteiger partial charge in [0.05, 0.1) is 25.5 Å². The van der Waals surface area contributed by atoms with Gasteiger partial charge in [-0.2, -0.15) is 5.10 Å². The van der Waals surface area contributed by atoms with Crippen LogP contribution in [0.5, 0.6) is 11.5 Å². The van der Waals surface area contributed by atoms with E-state index in [2.05, 4.69) is 26.5 Å². The highest BCUT2D eigenvalue weighted by atomic mass is 79.9. The van der Waals surface area contributed by atoms with Gasteiger partial charge in [0, 0.05) is 21.7 Å². The van der Waals surface area contributed by atoms with Gasteiger partial charge >= 0.3 is 0 Å². The summed E-state index contributed by atoms with van der Waals surface area (Å²) in [6.07, 6.45) is 1.45. The third kappa shape index (κ3) is 4.46. The molecule has 5 nitrogen and oxygen atoms in total. The number of amides is 1. The fourth-order valence-corrected chi connectivity index (χ4v) is 2.26. The molecule has 0 aliphatic carbocycles. The third-order valence-corrected chi connectivity index (χ3v) is 3.83. The van der Waals surface area contributed by atoms with Crippen LogP contribution in [0, 0.1) is 0 Å². The second kappa shape index (κ2) is 7.99. The minimum Gasteiger partial charge on any atom is -0.493 e. The number of methoxy groups -OCH3 is 2. The van der Waals surface area contributed by atoms with Crippen molar-refractivity contribution in [3.8, 4) is 11.5 Å². The first kappa shape index (κ1) is 17.3. The molecule has 0 aliphatic heterocycles. The van der Waals surface area contributed by atoms with Crippen LogP contribution in [0.4, 0.5) is 0 Å². The number of nitrogens with zero attached hydrogens (tertiary/aromatic N) is 1. The van der Waals surface area contributed by atoms with E-state index in [4.69, 9.17) is 21.1 Å². The first-order valence-corrected chi connectivity index (χ1v) is 7.72. The monoisotopic (exact) mass is 396 g/mol. The van der Waals surface area contributed by atoms with Crippen LogP contribution in [0.1, 0.15) is 15.9 Å². The quantitative estimate of drug-likeness (QED) is 0.615. The Labute approximate surface area is 147 Å². The number of hydrazone groups is 1. The zero-order valence-electron chi connectivity index (χ0n) is 12.5. The molecule has 23 heavy (non-hydrogen) atoms. The molecule has 0 bridgehead atoms. The highest BCUT2D eigenvalue weighted by Gasteiger charge is 2.09. The third-order valence-electron chi connectivity index (χ3n) is 2.98. The lowest BCUT2D eigenvalue weighted by Crippen LogP contribution is -2.17. The van der Waals surface area contributed by atoms with Gasteiger partial charge in [0.25, 0.3) is 5.91 Å². The van der Waals surface area contributed by atoms with Crippen LogP contribution >= 0.6 is 27.5 Å². The maximum atomic E-state index is 11.9. The highest BCUT2D eigenvalue weighted by molar-refractivity contribution is 9.10. The molecule has 2 aromatic rings. The Morgan fingerprint density at radius 1 is 1.17 bits per heavy atom. The molecular weight excluding hydrogens is 384 g/mol. The van der Waals surface area contributed by atoms with Gasteiger partial charge in [-0.1, -0.05) is 27.5 Å². The number of nitrogens with one attached hydrogen (secondary N) is 1. The number of benzene rings is 2. The average Bonchev–Trinajstić information content (AvgIpc) is 2.56. The number of rotatable bonds is 5. The van der Waals surface area contributed by atoms with Crippen LogP contribution in [-0.2, 0) is 0 Å². The molecule has 2 rings (SSSR count). The molecule has 7 heteroatoms. The Balaban J connectivity index is 2.11. The molecule has 0 unspecified atom stereocenters. The summed E-state index contributed by atoms with van der Waals surface area (Å²) in [6, 6.07) is 10.2. The van der Waals surface area contributed by atoms with E-state index in [0.29, 0.717) is 27.6 Å². The number of carbonyl (C=O) groups is 1. The minimum absolute atomic E-state index is 0.314. The predicted octanol–water partition coefficient (Wildman–Crippen LogP) is 3.88. The molecule has 0 fully saturated rings. The van der Waals surface area contributed by atoms with E-state index in [9.17, 15) is 4.79 Å². The van der Waals surface area contributed by atoms with Crippen molar-refractivity contribution in [2.45, 2.75) is 0 Å². The number of ether oxygens (including phenoxy) is 2. The van der Waals surface area contributed by atoms with Crippen molar-refractivity contribution >= 4 is 39.7 Å². The van der Waals surface area contributed by atoms with Crippen LogP contribution in [0.15, 0.2) is 46.0 Å². The second-order valence-electron chi connectivity index (χ2n) is 4.43. The van der Waals surface area contributed by atoms with Crippen LogP contribution in [0.3, 0.4) is 0 Å². The van der Waals surface area contributed by atoms with Gasteiger partial charge in [0.15, 0.2) is 11.5 Å². The van der Waals surface area contributed by atoms with Gasteiger partial charge in [0.1, 0.15) is 0 Å². The zero-order valence-corrected chi connectivity index (χ0v) is 14.8. The molecule has 0 aliphatic rings. The van der Waals surface area contributed by atoms with Crippen LogP contribution in [0.2, 0.25) is 5.02 Å². The fraction of sp³-hybridized carbons (Fsp3) is 0.125. The summed E-state index contributed by atoms with van der Waals surface area (Å²) < 4.78 is 11.3. The second-order valence-corrected chi connectivity index (χ2v) is 5.76. The standard InChI is InChI=1S/C16H14BrClN2O3/c1-22-14-7-11(13(18)8-15(14)23-2)9-19-20-16(21)10-3-5-12(17)6-4-10/h3-9H,1-2H3,(H,20,21)/b19-9-. The summed E-state index contributed by atoms with van der Waals surface area (Å²) in [7, 11) is 3.06. The maximum Gasteiger partial charge on any atom is 0.271 e. The Morgan fingerprint density at radius 2 is 1.78 bits per heavy atom. The van der Waals surface area contributed by atoms with Crippen LogP contribution in [0.25, 0.3) is 0 Å². The molecule has 2 aromatic carbocycles. The van der Waals surface area contributed by atoms with E-state index in [1.165, 1.54) is 20.4 Å². The molecule has 0 saturated heterocycles. The molecule has 1 amide bonds. The van der Waals surface area contributed by atoms with E-state index in [-0.39, 0.29) is 5.91 Å². The van der Waals surface area contributed by atoms with Crippen molar-refractivity contribution in [3.63, 3.8) is 0 Å². The van der Waals surface area contributed by atoms with Gasteiger partial charge in [-0.25, -0.2) is 5.43 Å². The number of hydrogen-bond donors (Lipinski definition) is 1. The van der Waals surface area contributed by atoms with Crippen molar-refractivity contribution in [3.05, 3.63) is 57.0 Å². The summed E-state index contributed by atoms with van der Waals surface area (Å²) >= 11 is 9.46. The van der Waals surface area contributed by atoms with E-state index in [1.807, 2.05) is 0 Å². The number of halogens is 2.